The predicted molar refractivity (Wildman–Crippen MR) is 91.9 cm³/mol. The molecule has 4 nitrogen and oxygen atoms in total. The third-order valence-corrected chi connectivity index (χ3v) is 5.12. The minimum absolute atomic E-state index is 0.0722. The van der Waals surface area contributed by atoms with Crippen molar-refractivity contribution < 1.29 is 14.6 Å². The summed E-state index contributed by atoms with van der Waals surface area (Å²) >= 11 is 0. The number of rotatable bonds is 3. The first-order chi connectivity index (χ1) is 11.6. The number of amides is 1. The Morgan fingerprint density at radius 3 is 2.21 bits per heavy atom. The van der Waals surface area contributed by atoms with Crippen LogP contribution >= 0.6 is 0 Å². The molecule has 2 N–H and O–H groups in total. The second-order valence-electron chi connectivity index (χ2n) is 7.07. The molecular formula is C20H21NO3. The van der Waals surface area contributed by atoms with E-state index in [2.05, 4.69) is 29.6 Å². The number of nitrogens with one attached hydrogen (secondary N) is 1. The lowest BCUT2D eigenvalue weighted by molar-refractivity contribution is 0.0105. The molecule has 2 aliphatic rings. The molecule has 2 aromatic rings. The molecule has 1 fully saturated rings. The van der Waals surface area contributed by atoms with E-state index in [1.165, 1.54) is 22.3 Å². The summed E-state index contributed by atoms with van der Waals surface area (Å²) in [5, 5.41) is 12.3. The van der Waals surface area contributed by atoms with E-state index in [9.17, 15) is 9.90 Å². The van der Waals surface area contributed by atoms with Crippen molar-refractivity contribution in [3.8, 4) is 11.1 Å². The van der Waals surface area contributed by atoms with Crippen molar-refractivity contribution in [1.29, 1.82) is 0 Å². The average molecular weight is 323 g/mol. The predicted octanol–water partition coefficient (Wildman–Crippen LogP) is 3.44. The molecule has 0 bridgehead atoms. The number of hydrogen-bond acceptors (Lipinski definition) is 3. The maximum atomic E-state index is 12.1. The molecule has 0 saturated heterocycles. The maximum Gasteiger partial charge on any atom is 0.407 e. The van der Waals surface area contributed by atoms with Gasteiger partial charge in [0.15, 0.2) is 0 Å². The molecule has 0 atom stereocenters. The van der Waals surface area contributed by atoms with E-state index in [4.69, 9.17) is 4.74 Å². The molecule has 0 spiro atoms. The van der Waals surface area contributed by atoms with Gasteiger partial charge in [-0.1, -0.05) is 48.5 Å². The van der Waals surface area contributed by atoms with Gasteiger partial charge in [-0.15, -0.1) is 0 Å². The fourth-order valence-corrected chi connectivity index (χ4v) is 3.96. The summed E-state index contributed by atoms with van der Waals surface area (Å²) in [4.78, 5) is 12.1. The Kier molecular flexibility index (Phi) is 3.57. The topological polar surface area (TPSA) is 58.6 Å². The Labute approximate surface area is 141 Å². The summed E-state index contributed by atoms with van der Waals surface area (Å²) in [5.41, 5.74) is 4.50. The maximum absolute atomic E-state index is 12.1. The van der Waals surface area contributed by atoms with Crippen LogP contribution in [-0.2, 0) is 4.74 Å². The molecule has 1 amide bonds. The molecule has 0 heterocycles. The van der Waals surface area contributed by atoms with E-state index in [0.717, 1.165) is 0 Å². The molecule has 0 aliphatic heterocycles. The van der Waals surface area contributed by atoms with Crippen LogP contribution in [-0.4, -0.2) is 29.4 Å². The van der Waals surface area contributed by atoms with Gasteiger partial charge >= 0.3 is 6.09 Å². The third kappa shape index (κ3) is 2.57. The monoisotopic (exact) mass is 323 g/mol. The van der Waals surface area contributed by atoms with E-state index >= 15 is 0 Å². The average Bonchev–Trinajstić information content (AvgIpc) is 2.86. The molecule has 1 saturated carbocycles. The van der Waals surface area contributed by atoms with Crippen molar-refractivity contribution in [3.05, 3.63) is 59.7 Å². The summed E-state index contributed by atoms with van der Waals surface area (Å²) in [6, 6.07) is 16.6. The SMILES string of the molecule is CC1(NC(=O)OCC2c3ccccc3-c3ccccc32)CC(O)C1. The van der Waals surface area contributed by atoms with Gasteiger partial charge in [0, 0.05) is 11.5 Å². The molecule has 0 radical (unpaired) electrons. The summed E-state index contributed by atoms with van der Waals surface area (Å²) < 4.78 is 5.51. The van der Waals surface area contributed by atoms with Crippen LogP contribution in [0.4, 0.5) is 4.79 Å². The number of ether oxygens (including phenoxy) is 1. The van der Waals surface area contributed by atoms with Gasteiger partial charge in [0.05, 0.1) is 6.10 Å². The molecule has 124 valence electrons. The highest BCUT2D eigenvalue weighted by molar-refractivity contribution is 5.79. The Morgan fingerprint density at radius 1 is 1.12 bits per heavy atom. The van der Waals surface area contributed by atoms with Crippen LogP contribution in [0.2, 0.25) is 0 Å². The number of fused-ring (bicyclic) bond motifs is 3. The van der Waals surface area contributed by atoms with Gasteiger partial charge in [0.2, 0.25) is 0 Å². The third-order valence-electron chi connectivity index (χ3n) is 5.12. The van der Waals surface area contributed by atoms with Gasteiger partial charge in [-0.2, -0.15) is 0 Å². The van der Waals surface area contributed by atoms with E-state index in [1.54, 1.807) is 0 Å². The van der Waals surface area contributed by atoms with Crippen LogP contribution in [0.15, 0.2) is 48.5 Å². The Morgan fingerprint density at radius 2 is 1.67 bits per heavy atom. The highest BCUT2D eigenvalue weighted by Gasteiger charge is 2.41. The standard InChI is InChI=1S/C20H21NO3/c1-20(10-13(22)11-20)21-19(23)24-12-18-16-8-4-2-6-14(16)15-7-3-5-9-17(15)18/h2-9,13,18,22H,10-12H2,1H3,(H,21,23). The van der Waals surface area contributed by atoms with Gasteiger partial charge < -0.3 is 15.2 Å². The number of carbonyl (C=O) groups excluding carboxylic acids is 1. The summed E-state index contributed by atoms with van der Waals surface area (Å²) in [6.07, 6.45) is 0.434. The quantitative estimate of drug-likeness (QED) is 0.910. The fourth-order valence-electron chi connectivity index (χ4n) is 3.96. The molecule has 4 rings (SSSR count). The highest BCUT2D eigenvalue weighted by atomic mass is 16.5. The van der Waals surface area contributed by atoms with Gasteiger partial charge in [0.1, 0.15) is 6.61 Å². The zero-order chi connectivity index (χ0) is 16.7. The number of aliphatic hydroxyl groups excluding tert-OH is 1. The van der Waals surface area contributed by atoms with Crippen molar-refractivity contribution in [2.45, 2.75) is 37.3 Å². The highest BCUT2D eigenvalue weighted by Crippen LogP contribution is 2.44. The zero-order valence-electron chi connectivity index (χ0n) is 13.7. The van der Waals surface area contributed by atoms with Gasteiger partial charge in [-0.05, 0) is 42.0 Å². The van der Waals surface area contributed by atoms with Crippen molar-refractivity contribution >= 4 is 6.09 Å². The minimum atomic E-state index is -0.411. The van der Waals surface area contributed by atoms with Crippen LogP contribution in [0.5, 0.6) is 0 Å². The molecular weight excluding hydrogens is 302 g/mol. The van der Waals surface area contributed by atoms with Crippen molar-refractivity contribution in [1.82, 2.24) is 5.32 Å². The van der Waals surface area contributed by atoms with Crippen molar-refractivity contribution in [3.63, 3.8) is 0 Å². The van der Waals surface area contributed by atoms with Crippen molar-refractivity contribution in [2.75, 3.05) is 6.61 Å². The first-order valence-electron chi connectivity index (χ1n) is 8.37. The largest absolute Gasteiger partial charge is 0.449 e. The summed E-state index contributed by atoms with van der Waals surface area (Å²) in [6.45, 7) is 2.25. The molecule has 2 aliphatic carbocycles. The van der Waals surface area contributed by atoms with E-state index < -0.39 is 6.09 Å². The number of carbonyl (C=O) groups is 1. The lowest BCUT2D eigenvalue weighted by atomic mass is 9.76. The smallest absolute Gasteiger partial charge is 0.407 e. The number of aliphatic hydroxyl groups is 1. The number of alkyl carbamates (subject to hydrolysis) is 1. The lowest BCUT2D eigenvalue weighted by Crippen LogP contribution is -2.57. The summed E-state index contributed by atoms with van der Waals surface area (Å²) in [7, 11) is 0. The molecule has 2 aromatic carbocycles. The van der Waals surface area contributed by atoms with Gasteiger partial charge in [0.25, 0.3) is 0 Å². The van der Waals surface area contributed by atoms with E-state index in [0.29, 0.717) is 19.4 Å². The lowest BCUT2D eigenvalue weighted by Gasteiger charge is -2.42. The first kappa shape index (κ1) is 15.2. The Bertz CT molecular complexity index is 734. The summed E-state index contributed by atoms with van der Waals surface area (Å²) in [5.74, 6) is 0.0722. The normalized spacial score (nSPS) is 24.7. The van der Waals surface area contributed by atoms with E-state index in [1.807, 2.05) is 31.2 Å². The van der Waals surface area contributed by atoms with Gasteiger partial charge in [-0.25, -0.2) is 4.79 Å². The molecule has 24 heavy (non-hydrogen) atoms. The first-order valence-corrected chi connectivity index (χ1v) is 8.37. The van der Waals surface area contributed by atoms with Crippen molar-refractivity contribution in [2.24, 2.45) is 0 Å². The fraction of sp³-hybridized carbons (Fsp3) is 0.350. The van der Waals surface area contributed by atoms with Crippen LogP contribution < -0.4 is 5.32 Å². The van der Waals surface area contributed by atoms with Crippen LogP contribution in [0.3, 0.4) is 0 Å². The second-order valence-corrected chi connectivity index (χ2v) is 7.07. The zero-order valence-corrected chi connectivity index (χ0v) is 13.7. The van der Waals surface area contributed by atoms with Crippen LogP contribution in [0, 0.1) is 0 Å². The van der Waals surface area contributed by atoms with Gasteiger partial charge in [-0.3, -0.25) is 0 Å². The molecule has 0 aromatic heterocycles. The number of benzene rings is 2. The number of hydrogen-bond donors (Lipinski definition) is 2. The van der Waals surface area contributed by atoms with E-state index in [-0.39, 0.29) is 17.6 Å². The molecule has 4 heteroatoms. The Balaban J connectivity index is 1.48. The minimum Gasteiger partial charge on any atom is -0.449 e. The van der Waals surface area contributed by atoms with Crippen LogP contribution in [0.1, 0.15) is 36.8 Å². The van der Waals surface area contributed by atoms with Crippen LogP contribution in [0.25, 0.3) is 11.1 Å². The second kappa shape index (κ2) is 5.64. The Hall–Kier alpha value is -2.33. The molecule has 0 unspecified atom stereocenters.